The first-order chi connectivity index (χ1) is 17.2. The average Bonchev–Trinajstić information content (AvgIpc) is 3.58. The molecule has 3 aliphatic rings. The van der Waals surface area contributed by atoms with Gasteiger partial charge in [0.05, 0.1) is 19.3 Å². The molecule has 4 unspecified atom stereocenters. The molecule has 1 saturated carbocycles. The summed E-state index contributed by atoms with van der Waals surface area (Å²) in [5, 5.41) is 12.7. The lowest BCUT2D eigenvalue weighted by Gasteiger charge is -2.35. The molecule has 7 heteroatoms. The third-order valence-corrected chi connectivity index (χ3v) is 7.38. The first-order valence-electron chi connectivity index (χ1n) is 12.7. The molecule has 2 aliphatic heterocycles. The predicted octanol–water partition coefficient (Wildman–Crippen LogP) is 4.72. The third-order valence-electron chi connectivity index (χ3n) is 7.38. The van der Waals surface area contributed by atoms with Crippen LogP contribution in [-0.2, 0) is 33.9 Å². The van der Waals surface area contributed by atoms with E-state index in [1.807, 2.05) is 45.0 Å². The van der Waals surface area contributed by atoms with Crippen molar-refractivity contribution < 1.29 is 19.1 Å². The molecule has 1 N–H and O–H groups in total. The number of carbonyl (C=O) groups excluding carboxylic acids is 2. The van der Waals surface area contributed by atoms with Crippen LogP contribution in [0.25, 0.3) is 11.1 Å². The average molecular weight is 488 g/mol. The summed E-state index contributed by atoms with van der Waals surface area (Å²) < 4.78 is 11.1. The van der Waals surface area contributed by atoms with Crippen LogP contribution in [0.2, 0.25) is 0 Å². The number of ether oxygens (including phenoxy) is 2. The highest BCUT2D eigenvalue weighted by Gasteiger charge is 2.52. The van der Waals surface area contributed by atoms with Crippen molar-refractivity contribution in [2.75, 3.05) is 0 Å². The van der Waals surface area contributed by atoms with Gasteiger partial charge >= 0.3 is 6.09 Å². The molecule has 2 aromatic carbocycles. The molecule has 1 aliphatic carbocycles. The van der Waals surface area contributed by atoms with Crippen molar-refractivity contribution in [3.8, 4) is 17.2 Å². The van der Waals surface area contributed by atoms with Crippen LogP contribution in [0.1, 0.15) is 56.7 Å². The first kappa shape index (κ1) is 24.3. The van der Waals surface area contributed by atoms with Crippen molar-refractivity contribution in [1.82, 2.24) is 10.2 Å². The zero-order valence-electron chi connectivity index (χ0n) is 21.1. The number of fused-ring (bicyclic) bond motifs is 3. The Kier molecular flexibility index (Phi) is 6.48. The number of benzene rings is 2. The standard InChI is InChI=1S/C29H33N3O4/c1-29(2,3)36-28(34)32-25-11-10-21(14-25)26(32)27(33)31-24(15-30)12-18-4-6-19(7-5-18)20-8-9-22-16-35-17-23(22)13-20/h4-9,13,21,24-26H,10-12,14,16-17H2,1-3H3,(H,31,33). The van der Waals surface area contributed by atoms with Crippen molar-refractivity contribution in [1.29, 1.82) is 5.26 Å². The highest BCUT2D eigenvalue weighted by Crippen LogP contribution is 2.43. The minimum Gasteiger partial charge on any atom is -0.444 e. The molecule has 2 aromatic rings. The fourth-order valence-corrected chi connectivity index (χ4v) is 5.71. The van der Waals surface area contributed by atoms with Gasteiger partial charge in [0.15, 0.2) is 0 Å². The maximum atomic E-state index is 13.3. The van der Waals surface area contributed by atoms with E-state index in [2.05, 4.69) is 29.6 Å². The Bertz CT molecular complexity index is 1190. The van der Waals surface area contributed by atoms with Gasteiger partial charge in [0, 0.05) is 12.5 Å². The Morgan fingerprint density at radius 2 is 1.83 bits per heavy atom. The SMILES string of the molecule is CC(C)(C)OC(=O)N1C2CCC(C2)C1C(=O)NC(C#N)Cc1ccc(-c2ccc3c(c2)COC3)cc1. The number of rotatable bonds is 5. The van der Waals surface area contributed by atoms with Crippen molar-refractivity contribution in [2.24, 2.45) is 5.92 Å². The highest BCUT2D eigenvalue weighted by atomic mass is 16.6. The Morgan fingerprint density at radius 3 is 2.56 bits per heavy atom. The van der Waals surface area contributed by atoms with E-state index in [0.29, 0.717) is 19.6 Å². The van der Waals surface area contributed by atoms with E-state index >= 15 is 0 Å². The second-order valence-corrected chi connectivity index (χ2v) is 11.1. The number of nitrogens with zero attached hydrogens (tertiary/aromatic N) is 2. The second-order valence-electron chi connectivity index (χ2n) is 11.1. The number of hydrogen-bond acceptors (Lipinski definition) is 5. The summed E-state index contributed by atoms with van der Waals surface area (Å²) in [7, 11) is 0. The summed E-state index contributed by atoms with van der Waals surface area (Å²) in [4.78, 5) is 27.8. The van der Waals surface area contributed by atoms with Gasteiger partial charge in [0.2, 0.25) is 5.91 Å². The fraction of sp³-hybridized carbons (Fsp3) is 0.483. The van der Waals surface area contributed by atoms with Gasteiger partial charge in [-0.3, -0.25) is 9.69 Å². The van der Waals surface area contributed by atoms with E-state index in [-0.39, 0.29) is 17.9 Å². The van der Waals surface area contributed by atoms with Crippen LogP contribution in [0, 0.1) is 17.2 Å². The maximum Gasteiger partial charge on any atom is 0.411 e. The number of hydrogen-bond donors (Lipinski definition) is 1. The summed E-state index contributed by atoms with van der Waals surface area (Å²) in [6.07, 6.45) is 2.56. The second kappa shape index (κ2) is 9.59. The molecule has 2 fully saturated rings. The van der Waals surface area contributed by atoms with Crippen molar-refractivity contribution in [3.05, 3.63) is 59.2 Å². The fourth-order valence-electron chi connectivity index (χ4n) is 5.71. The Morgan fingerprint density at radius 1 is 1.11 bits per heavy atom. The zero-order chi connectivity index (χ0) is 25.4. The van der Waals surface area contributed by atoms with E-state index in [9.17, 15) is 14.9 Å². The lowest BCUT2D eigenvalue weighted by molar-refractivity contribution is -0.128. The van der Waals surface area contributed by atoms with Gasteiger partial charge in [-0.2, -0.15) is 5.26 Å². The number of amides is 2. The van der Waals surface area contributed by atoms with Crippen LogP contribution in [0.15, 0.2) is 42.5 Å². The van der Waals surface area contributed by atoms with E-state index in [1.165, 1.54) is 11.1 Å². The van der Waals surface area contributed by atoms with Gasteiger partial charge < -0.3 is 14.8 Å². The lowest BCUT2D eigenvalue weighted by atomic mass is 9.96. The van der Waals surface area contributed by atoms with Crippen LogP contribution < -0.4 is 5.32 Å². The van der Waals surface area contributed by atoms with Gasteiger partial charge in [-0.25, -0.2) is 4.79 Å². The van der Waals surface area contributed by atoms with Crippen LogP contribution in [0.4, 0.5) is 4.79 Å². The largest absolute Gasteiger partial charge is 0.444 e. The molecule has 188 valence electrons. The Labute approximate surface area is 212 Å². The molecule has 2 amide bonds. The number of nitrogens with one attached hydrogen (secondary N) is 1. The molecule has 0 spiro atoms. The van der Waals surface area contributed by atoms with E-state index in [0.717, 1.165) is 36.0 Å². The normalized spacial score (nSPS) is 23.2. The molecule has 0 radical (unpaired) electrons. The molecule has 1 saturated heterocycles. The minimum atomic E-state index is -0.680. The van der Waals surface area contributed by atoms with Crippen molar-refractivity contribution in [3.63, 3.8) is 0 Å². The number of likely N-dealkylation sites (tertiary alicyclic amines) is 1. The number of piperidine rings is 1. The third kappa shape index (κ3) is 4.96. The van der Waals surface area contributed by atoms with Gasteiger partial charge in [-0.1, -0.05) is 36.4 Å². The topological polar surface area (TPSA) is 91.7 Å². The lowest BCUT2D eigenvalue weighted by Crippen LogP contribution is -2.55. The van der Waals surface area contributed by atoms with Crippen LogP contribution in [-0.4, -0.2) is 40.6 Å². The number of carbonyl (C=O) groups is 2. The van der Waals surface area contributed by atoms with Crippen LogP contribution in [0.3, 0.4) is 0 Å². The molecule has 36 heavy (non-hydrogen) atoms. The monoisotopic (exact) mass is 487 g/mol. The quantitative estimate of drug-likeness (QED) is 0.659. The van der Waals surface area contributed by atoms with Crippen molar-refractivity contribution >= 4 is 12.0 Å². The van der Waals surface area contributed by atoms with E-state index < -0.39 is 23.8 Å². The molecule has 4 atom stereocenters. The molecular weight excluding hydrogens is 454 g/mol. The Hall–Kier alpha value is -3.37. The van der Waals surface area contributed by atoms with Crippen LogP contribution in [0.5, 0.6) is 0 Å². The smallest absolute Gasteiger partial charge is 0.411 e. The molecule has 5 rings (SSSR count). The van der Waals surface area contributed by atoms with Gasteiger partial charge in [0.1, 0.15) is 17.7 Å². The van der Waals surface area contributed by atoms with Gasteiger partial charge in [-0.05, 0) is 79.8 Å². The van der Waals surface area contributed by atoms with Crippen molar-refractivity contribution in [2.45, 2.75) is 83.4 Å². The molecule has 2 heterocycles. The van der Waals surface area contributed by atoms with Gasteiger partial charge in [0.25, 0.3) is 0 Å². The first-order valence-corrected chi connectivity index (χ1v) is 12.7. The molecule has 0 aromatic heterocycles. The predicted molar refractivity (Wildman–Crippen MR) is 135 cm³/mol. The molecular formula is C29H33N3O4. The summed E-state index contributed by atoms with van der Waals surface area (Å²) in [5.74, 6) is -0.157. The number of nitriles is 1. The molecule has 7 nitrogen and oxygen atoms in total. The van der Waals surface area contributed by atoms with Crippen LogP contribution >= 0.6 is 0 Å². The summed E-state index contributed by atoms with van der Waals surface area (Å²) in [6, 6.07) is 15.5. The summed E-state index contributed by atoms with van der Waals surface area (Å²) in [6.45, 7) is 6.80. The Balaban J connectivity index is 1.24. The van der Waals surface area contributed by atoms with E-state index in [1.54, 1.807) is 4.90 Å². The summed E-state index contributed by atoms with van der Waals surface area (Å²) in [5.41, 5.74) is 5.03. The van der Waals surface area contributed by atoms with Gasteiger partial charge in [-0.15, -0.1) is 0 Å². The summed E-state index contributed by atoms with van der Waals surface area (Å²) >= 11 is 0. The highest BCUT2D eigenvalue weighted by molar-refractivity contribution is 5.87. The zero-order valence-corrected chi connectivity index (χ0v) is 21.1. The maximum absolute atomic E-state index is 13.3. The van der Waals surface area contributed by atoms with E-state index in [4.69, 9.17) is 9.47 Å². The molecule has 2 bridgehead atoms. The minimum absolute atomic E-state index is 0.0273.